The van der Waals surface area contributed by atoms with Crippen molar-refractivity contribution >= 4 is 11.9 Å². The molecule has 0 bridgehead atoms. The summed E-state index contributed by atoms with van der Waals surface area (Å²) >= 11 is 0. The Balaban J connectivity index is 2.57. The van der Waals surface area contributed by atoms with Gasteiger partial charge in [-0.3, -0.25) is 4.79 Å². The average molecular weight is 264 g/mol. The number of hydrogen-bond donors (Lipinski definition) is 3. The highest BCUT2D eigenvalue weighted by molar-refractivity contribution is 6.00. The van der Waals surface area contributed by atoms with E-state index >= 15 is 0 Å². The zero-order valence-corrected chi connectivity index (χ0v) is 11.5. The van der Waals surface area contributed by atoms with Crippen LogP contribution < -0.4 is 11.1 Å². The quantitative estimate of drug-likeness (QED) is 0.682. The highest BCUT2D eigenvalue weighted by Crippen LogP contribution is 2.17. The molecule has 4 N–H and O–H groups in total. The highest BCUT2D eigenvalue weighted by Gasteiger charge is 2.20. The number of hydrogen-bond acceptors (Lipinski definition) is 3. The van der Waals surface area contributed by atoms with Crippen molar-refractivity contribution in [3.8, 4) is 0 Å². The van der Waals surface area contributed by atoms with Gasteiger partial charge in [-0.2, -0.15) is 0 Å². The third-order valence-electron chi connectivity index (χ3n) is 3.41. The van der Waals surface area contributed by atoms with Crippen molar-refractivity contribution in [3.63, 3.8) is 0 Å². The molecule has 0 aliphatic rings. The van der Waals surface area contributed by atoms with Gasteiger partial charge < -0.3 is 16.2 Å². The summed E-state index contributed by atoms with van der Waals surface area (Å²) in [5.41, 5.74) is 10.0. The van der Waals surface area contributed by atoms with Gasteiger partial charge in [-0.05, 0) is 49.4 Å². The van der Waals surface area contributed by atoms with Crippen molar-refractivity contribution in [2.24, 2.45) is 5.73 Å². The molecule has 0 aromatic heterocycles. The van der Waals surface area contributed by atoms with Crippen LogP contribution in [0.2, 0.25) is 0 Å². The van der Waals surface area contributed by atoms with Crippen molar-refractivity contribution in [1.29, 1.82) is 0 Å². The molecule has 0 saturated heterocycles. The van der Waals surface area contributed by atoms with Gasteiger partial charge in [-0.15, -0.1) is 0 Å². The van der Waals surface area contributed by atoms with Crippen LogP contribution in [0, 0.1) is 20.8 Å². The summed E-state index contributed by atoms with van der Waals surface area (Å²) in [6.07, 6.45) is 0.658. The van der Waals surface area contributed by atoms with Crippen molar-refractivity contribution in [3.05, 3.63) is 34.4 Å². The molecule has 104 valence electrons. The first-order valence-electron chi connectivity index (χ1n) is 6.16. The first kappa shape index (κ1) is 15.2. The summed E-state index contributed by atoms with van der Waals surface area (Å²) in [6.45, 7) is 6.54. The Kier molecular flexibility index (Phi) is 5.06. The van der Waals surface area contributed by atoms with Gasteiger partial charge in [0.25, 0.3) is 0 Å². The third-order valence-corrected chi connectivity index (χ3v) is 3.41. The molecule has 0 aliphatic carbocycles. The number of benzene rings is 1. The summed E-state index contributed by atoms with van der Waals surface area (Å²) in [6, 6.07) is 2.57. The van der Waals surface area contributed by atoms with Gasteiger partial charge in [0, 0.05) is 6.54 Å². The Labute approximate surface area is 112 Å². The fourth-order valence-electron chi connectivity index (χ4n) is 1.83. The van der Waals surface area contributed by atoms with Crippen molar-refractivity contribution in [1.82, 2.24) is 5.32 Å². The van der Waals surface area contributed by atoms with Gasteiger partial charge in [0.2, 0.25) is 5.91 Å². The lowest BCUT2D eigenvalue weighted by Gasteiger charge is -2.12. The molecule has 0 heterocycles. The minimum absolute atomic E-state index is 0.378. The molecule has 19 heavy (non-hydrogen) atoms. The molecule has 0 radical (unpaired) electrons. The second-order valence-electron chi connectivity index (χ2n) is 4.65. The second-order valence-corrected chi connectivity index (χ2v) is 4.65. The molecule has 5 heteroatoms. The lowest BCUT2D eigenvalue weighted by Crippen LogP contribution is -2.46. The Morgan fingerprint density at radius 3 is 2.47 bits per heavy atom. The second kappa shape index (κ2) is 6.33. The number of aliphatic carboxylic acids is 1. The predicted molar refractivity (Wildman–Crippen MR) is 73.0 cm³/mol. The Morgan fingerprint density at radius 1 is 1.26 bits per heavy atom. The monoisotopic (exact) mass is 264 g/mol. The number of carboxylic acid groups (broad SMARTS) is 1. The van der Waals surface area contributed by atoms with Gasteiger partial charge in [0.1, 0.15) is 0 Å². The first-order valence-corrected chi connectivity index (χ1v) is 6.16. The molecule has 0 spiro atoms. The number of nitrogens with one attached hydrogen (secondary N) is 1. The zero-order valence-electron chi connectivity index (χ0n) is 11.5. The van der Waals surface area contributed by atoms with Gasteiger partial charge in [-0.1, -0.05) is 12.1 Å². The molecule has 1 atom stereocenters. The van der Waals surface area contributed by atoms with E-state index in [9.17, 15) is 9.59 Å². The lowest BCUT2D eigenvalue weighted by atomic mass is 9.97. The molecule has 1 unspecified atom stereocenters. The molecular formula is C14H20N2O3. The summed E-state index contributed by atoms with van der Waals surface area (Å²) < 4.78 is 0. The molecule has 0 fully saturated rings. The Hall–Kier alpha value is -1.88. The van der Waals surface area contributed by atoms with Crippen LogP contribution in [-0.4, -0.2) is 29.6 Å². The summed E-state index contributed by atoms with van der Waals surface area (Å²) in [4.78, 5) is 21.9. The molecule has 0 saturated carbocycles. The average Bonchev–Trinajstić information content (AvgIpc) is 2.37. The molecule has 1 rings (SSSR count). The normalized spacial score (nSPS) is 12.0. The maximum atomic E-state index is 11.4. The van der Waals surface area contributed by atoms with Crippen LogP contribution in [0.1, 0.15) is 22.3 Å². The zero-order chi connectivity index (χ0) is 14.6. The first-order chi connectivity index (χ1) is 8.84. The van der Waals surface area contributed by atoms with Crippen molar-refractivity contribution in [2.75, 3.05) is 6.54 Å². The van der Waals surface area contributed by atoms with Crippen molar-refractivity contribution in [2.45, 2.75) is 33.2 Å². The molecular weight excluding hydrogens is 244 g/mol. The summed E-state index contributed by atoms with van der Waals surface area (Å²) in [7, 11) is 0. The number of rotatable bonds is 5. The third kappa shape index (κ3) is 3.79. The van der Waals surface area contributed by atoms with E-state index in [-0.39, 0.29) is 0 Å². The van der Waals surface area contributed by atoms with Crippen LogP contribution in [0.5, 0.6) is 0 Å². The van der Waals surface area contributed by atoms with Crippen LogP contribution in [0.4, 0.5) is 0 Å². The minimum atomic E-state index is -1.50. The number of carboxylic acids is 1. The van der Waals surface area contributed by atoms with E-state index in [1.54, 1.807) is 0 Å². The van der Waals surface area contributed by atoms with Gasteiger partial charge in [0.15, 0.2) is 6.04 Å². The fourth-order valence-corrected chi connectivity index (χ4v) is 1.83. The maximum Gasteiger partial charge on any atom is 0.330 e. The Morgan fingerprint density at radius 2 is 1.89 bits per heavy atom. The van der Waals surface area contributed by atoms with Crippen LogP contribution in [-0.2, 0) is 16.0 Å². The number of carbonyl (C=O) groups excluding carboxylic acids is 1. The molecule has 1 aromatic rings. The van der Waals surface area contributed by atoms with E-state index in [1.807, 2.05) is 19.1 Å². The van der Waals surface area contributed by atoms with E-state index in [0.717, 1.165) is 5.56 Å². The number of nitrogens with two attached hydrogens (primary N) is 1. The largest absolute Gasteiger partial charge is 0.480 e. The molecule has 1 aromatic carbocycles. The topological polar surface area (TPSA) is 92.4 Å². The van der Waals surface area contributed by atoms with E-state index < -0.39 is 17.9 Å². The van der Waals surface area contributed by atoms with Crippen LogP contribution >= 0.6 is 0 Å². The molecule has 1 amide bonds. The van der Waals surface area contributed by atoms with Crippen molar-refractivity contribution < 1.29 is 14.7 Å². The number of carbonyl (C=O) groups is 2. The van der Waals surface area contributed by atoms with Crippen LogP contribution in [0.3, 0.4) is 0 Å². The fraction of sp³-hybridized carbons (Fsp3) is 0.429. The van der Waals surface area contributed by atoms with E-state index in [4.69, 9.17) is 10.8 Å². The highest BCUT2D eigenvalue weighted by atomic mass is 16.4. The molecule has 0 aliphatic heterocycles. The minimum Gasteiger partial charge on any atom is -0.480 e. The van der Waals surface area contributed by atoms with Gasteiger partial charge >= 0.3 is 5.97 Å². The van der Waals surface area contributed by atoms with E-state index in [0.29, 0.717) is 13.0 Å². The molecule has 5 nitrogen and oxygen atoms in total. The summed E-state index contributed by atoms with van der Waals surface area (Å²) in [5.74, 6) is -1.98. The van der Waals surface area contributed by atoms with Gasteiger partial charge in [-0.25, -0.2) is 4.79 Å². The summed E-state index contributed by atoms with van der Waals surface area (Å²) in [5, 5.41) is 11.1. The number of amides is 1. The Bertz CT molecular complexity index is 498. The van der Waals surface area contributed by atoms with E-state index in [1.165, 1.54) is 16.7 Å². The maximum absolute atomic E-state index is 11.4. The standard InChI is InChI=1S/C14H20N2O3/c1-8-4-5-11(10(3)9(8)2)6-7-16-13(17)12(15)14(18)19/h4-5,12H,6-7,15H2,1-3H3,(H,16,17)(H,18,19). The van der Waals surface area contributed by atoms with Crippen LogP contribution in [0.25, 0.3) is 0 Å². The smallest absolute Gasteiger partial charge is 0.330 e. The lowest BCUT2D eigenvalue weighted by molar-refractivity contribution is -0.142. The van der Waals surface area contributed by atoms with Crippen LogP contribution in [0.15, 0.2) is 12.1 Å². The predicted octanol–water partition coefficient (Wildman–Crippen LogP) is 0.682. The SMILES string of the molecule is Cc1ccc(CCNC(=O)C(N)C(=O)O)c(C)c1C. The number of aryl methyl sites for hydroxylation is 1. The van der Waals surface area contributed by atoms with Gasteiger partial charge in [0.05, 0.1) is 0 Å². The van der Waals surface area contributed by atoms with E-state index in [2.05, 4.69) is 19.2 Å².